The molecule has 0 radical (unpaired) electrons. The highest BCUT2D eigenvalue weighted by Crippen LogP contribution is 2.26. The molecule has 5 nitrogen and oxygen atoms in total. The molecule has 23 heavy (non-hydrogen) atoms. The summed E-state index contributed by atoms with van der Waals surface area (Å²) in [7, 11) is -2.71. The first-order valence-corrected chi connectivity index (χ1v) is 8.58. The van der Waals surface area contributed by atoms with Crippen LogP contribution in [-0.2, 0) is 14.8 Å². The minimum absolute atomic E-state index is 0.0222. The number of rotatable bonds is 4. The van der Waals surface area contributed by atoms with Crippen molar-refractivity contribution < 1.29 is 17.9 Å². The number of aryl methyl sites for hydroxylation is 2. The number of hydrogen-bond acceptors (Lipinski definition) is 4. The Morgan fingerprint density at radius 2 is 1.78 bits per heavy atom. The zero-order valence-electron chi connectivity index (χ0n) is 12.9. The molecule has 0 aliphatic rings. The molecule has 0 aliphatic heterocycles. The molecule has 0 aromatic heterocycles. The van der Waals surface area contributed by atoms with Crippen LogP contribution in [0.4, 0.5) is 5.69 Å². The first-order valence-electron chi connectivity index (χ1n) is 6.72. The smallest absolute Gasteiger partial charge is 0.337 e. The van der Waals surface area contributed by atoms with Crippen LogP contribution in [0.5, 0.6) is 0 Å². The van der Waals surface area contributed by atoms with Gasteiger partial charge in [0.05, 0.1) is 17.7 Å². The van der Waals surface area contributed by atoms with E-state index in [-0.39, 0.29) is 15.5 Å². The number of anilines is 1. The van der Waals surface area contributed by atoms with Gasteiger partial charge < -0.3 is 4.74 Å². The van der Waals surface area contributed by atoms with Crippen LogP contribution in [0.25, 0.3) is 0 Å². The molecule has 0 spiro atoms. The fourth-order valence-electron chi connectivity index (χ4n) is 1.97. The fraction of sp³-hybridized carbons (Fsp3) is 0.188. The molecule has 2 aromatic carbocycles. The highest BCUT2D eigenvalue weighted by atomic mass is 35.5. The molecule has 0 saturated carbocycles. The van der Waals surface area contributed by atoms with E-state index in [1.165, 1.54) is 25.3 Å². The third-order valence-corrected chi connectivity index (χ3v) is 5.26. The molecule has 0 heterocycles. The Hall–Kier alpha value is -2.05. The molecular weight excluding hydrogens is 338 g/mol. The average molecular weight is 354 g/mol. The van der Waals surface area contributed by atoms with Crippen molar-refractivity contribution in [2.75, 3.05) is 11.8 Å². The lowest BCUT2D eigenvalue weighted by Crippen LogP contribution is -2.15. The van der Waals surface area contributed by atoms with Crippen LogP contribution in [0.3, 0.4) is 0 Å². The van der Waals surface area contributed by atoms with Crippen LogP contribution < -0.4 is 4.72 Å². The van der Waals surface area contributed by atoms with Crippen molar-refractivity contribution >= 4 is 33.3 Å². The first-order chi connectivity index (χ1) is 10.7. The Kier molecular flexibility index (Phi) is 4.97. The van der Waals surface area contributed by atoms with Crippen molar-refractivity contribution in [3.8, 4) is 0 Å². The lowest BCUT2D eigenvalue weighted by atomic mass is 10.1. The summed E-state index contributed by atoms with van der Waals surface area (Å²) in [5.41, 5.74) is 2.54. The average Bonchev–Trinajstić information content (AvgIpc) is 2.50. The zero-order valence-corrected chi connectivity index (χ0v) is 14.5. The third-order valence-electron chi connectivity index (χ3n) is 3.40. The summed E-state index contributed by atoms with van der Waals surface area (Å²) in [5, 5.41) is 0.0222. The van der Waals surface area contributed by atoms with Crippen molar-refractivity contribution in [2.45, 2.75) is 18.7 Å². The maximum absolute atomic E-state index is 12.5. The van der Waals surface area contributed by atoms with Gasteiger partial charge >= 0.3 is 5.97 Å². The molecule has 0 saturated heterocycles. The van der Waals surface area contributed by atoms with Crippen LogP contribution >= 0.6 is 11.6 Å². The molecular formula is C16H16ClNO4S. The highest BCUT2D eigenvalue weighted by molar-refractivity contribution is 7.92. The van der Waals surface area contributed by atoms with E-state index in [1.807, 2.05) is 19.9 Å². The number of sulfonamides is 1. The number of carbonyl (C=O) groups excluding carboxylic acids is 1. The quantitative estimate of drug-likeness (QED) is 0.853. The van der Waals surface area contributed by atoms with Crippen molar-refractivity contribution in [2.24, 2.45) is 0 Å². The molecule has 2 aromatic rings. The van der Waals surface area contributed by atoms with Gasteiger partial charge in [-0.25, -0.2) is 13.2 Å². The minimum atomic E-state index is -3.93. The summed E-state index contributed by atoms with van der Waals surface area (Å²) >= 11 is 5.98. The molecule has 0 aliphatic carbocycles. The summed E-state index contributed by atoms with van der Waals surface area (Å²) in [6.07, 6.45) is 0. The summed E-state index contributed by atoms with van der Waals surface area (Å²) in [6.45, 7) is 3.82. The number of nitrogens with one attached hydrogen (secondary N) is 1. The summed E-state index contributed by atoms with van der Waals surface area (Å²) in [4.78, 5) is 11.4. The number of benzene rings is 2. The Morgan fingerprint density at radius 3 is 2.39 bits per heavy atom. The summed E-state index contributed by atoms with van der Waals surface area (Å²) in [6, 6.07) is 9.16. The van der Waals surface area contributed by atoms with Gasteiger partial charge in [0.1, 0.15) is 4.90 Å². The molecule has 0 bridgehead atoms. The second-order valence-electron chi connectivity index (χ2n) is 5.04. The van der Waals surface area contributed by atoms with Crippen molar-refractivity contribution in [3.05, 3.63) is 58.1 Å². The molecule has 0 unspecified atom stereocenters. The third kappa shape index (κ3) is 3.83. The van der Waals surface area contributed by atoms with Crippen molar-refractivity contribution in [1.29, 1.82) is 0 Å². The van der Waals surface area contributed by atoms with Gasteiger partial charge in [0.25, 0.3) is 10.0 Å². The zero-order chi connectivity index (χ0) is 17.2. The molecule has 7 heteroatoms. The maximum atomic E-state index is 12.5. The molecule has 0 fully saturated rings. The predicted molar refractivity (Wildman–Crippen MR) is 89.5 cm³/mol. The van der Waals surface area contributed by atoms with E-state index in [2.05, 4.69) is 9.46 Å². The molecule has 1 N–H and O–H groups in total. The lowest BCUT2D eigenvalue weighted by Gasteiger charge is -2.12. The van der Waals surface area contributed by atoms with Gasteiger partial charge in [-0.2, -0.15) is 0 Å². The second-order valence-corrected chi connectivity index (χ2v) is 7.10. The first kappa shape index (κ1) is 17.3. The number of ether oxygens (including phenoxy) is 1. The molecule has 122 valence electrons. The number of carbonyl (C=O) groups is 1. The lowest BCUT2D eigenvalue weighted by molar-refractivity contribution is 0.0600. The van der Waals surface area contributed by atoms with E-state index in [4.69, 9.17) is 11.6 Å². The SMILES string of the molecule is COC(=O)c1ccc(Cl)c(S(=O)(=O)Nc2ccc(C)c(C)c2)c1. The molecule has 0 amide bonds. The van der Waals surface area contributed by atoms with E-state index in [0.29, 0.717) is 5.69 Å². The van der Waals surface area contributed by atoms with Gasteiger partial charge in [0.15, 0.2) is 0 Å². The summed E-state index contributed by atoms with van der Waals surface area (Å²) in [5.74, 6) is -0.635. The Labute approximate surface area is 140 Å². The maximum Gasteiger partial charge on any atom is 0.337 e. The van der Waals surface area contributed by atoms with E-state index in [9.17, 15) is 13.2 Å². The van der Waals surface area contributed by atoms with Crippen molar-refractivity contribution in [1.82, 2.24) is 0 Å². The van der Waals surface area contributed by atoms with Gasteiger partial charge in [0.2, 0.25) is 0 Å². The highest BCUT2D eigenvalue weighted by Gasteiger charge is 2.20. The van der Waals surface area contributed by atoms with E-state index < -0.39 is 16.0 Å². The van der Waals surface area contributed by atoms with Crippen LogP contribution in [0.1, 0.15) is 21.5 Å². The van der Waals surface area contributed by atoms with Crippen LogP contribution in [0.2, 0.25) is 5.02 Å². The predicted octanol–water partition coefficient (Wildman–Crippen LogP) is 3.54. The fourth-order valence-corrected chi connectivity index (χ4v) is 3.55. The number of hydrogen-bond donors (Lipinski definition) is 1. The van der Waals surface area contributed by atoms with E-state index >= 15 is 0 Å². The second kappa shape index (κ2) is 6.60. The largest absolute Gasteiger partial charge is 0.465 e. The van der Waals surface area contributed by atoms with Gasteiger partial charge in [-0.05, 0) is 55.3 Å². The normalized spacial score (nSPS) is 11.1. The Bertz CT molecular complexity index is 862. The van der Waals surface area contributed by atoms with Crippen LogP contribution in [-0.4, -0.2) is 21.5 Å². The van der Waals surface area contributed by atoms with Gasteiger partial charge in [-0.15, -0.1) is 0 Å². The van der Waals surface area contributed by atoms with E-state index in [1.54, 1.807) is 12.1 Å². The monoisotopic (exact) mass is 353 g/mol. The minimum Gasteiger partial charge on any atom is -0.465 e. The standard InChI is InChI=1S/C16H16ClNO4S/c1-10-4-6-13(8-11(10)2)18-23(20,21)15-9-12(16(19)22-3)5-7-14(15)17/h4-9,18H,1-3H3. The van der Waals surface area contributed by atoms with Crippen LogP contribution in [0, 0.1) is 13.8 Å². The number of esters is 1. The van der Waals surface area contributed by atoms with Crippen LogP contribution in [0.15, 0.2) is 41.3 Å². The molecule has 0 atom stereocenters. The Balaban J connectivity index is 2.42. The van der Waals surface area contributed by atoms with E-state index in [0.717, 1.165) is 11.1 Å². The Morgan fingerprint density at radius 1 is 1.09 bits per heavy atom. The van der Waals surface area contributed by atoms with Gasteiger partial charge in [-0.3, -0.25) is 4.72 Å². The number of halogens is 1. The molecule has 2 rings (SSSR count). The van der Waals surface area contributed by atoms with Crippen molar-refractivity contribution in [3.63, 3.8) is 0 Å². The number of methoxy groups -OCH3 is 1. The van der Waals surface area contributed by atoms with Gasteiger partial charge in [0, 0.05) is 5.69 Å². The topological polar surface area (TPSA) is 72.5 Å². The summed E-state index contributed by atoms with van der Waals surface area (Å²) < 4.78 is 32.1. The van der Waals surface area contributed by atoms with Gasteiger partial charge in [-0.1, -0.05) is 17.7 Å².